The highest BCUT2D eigenvalue weighted by Gasteiger charge is 2.12. The lowest BCUT2D eigenvalue weighted by atomic mass is 10.1. The Balaban J connectivity index is 1.39. The molecular formula is C23H26N4O2. The number of carbonyl (C=O) groups is 1. The van der Waals surface area contributed by atoms with Gasteiger partial charge < -0.3 is 10.1 Å². The molecule has 3 aromatic rings. The van der Waals surface area contributed by atoms with Crippen molar-refractivity contribution in [2.45, 2.75) is 6.42 Å². The van der Waals surface area contributed by atoms with E-state index >= 15 is 0 Å². The van der Waals surface area contributed by atoms with Crippen LogP contribution in [0.25, 0.3) is 16.9 Å². The number of hydrogen-bond acceptors (Lipinski definition) is 4. The Morgan fingerprint density at radius 1 is 1.03 bits per heavy atom. The first-order chi connectivity index (χ1) is 14.3. The van der Waals surface area contributed by atoms with E-state index in [4.69, 9.17) is 4.74 Å². The molecule has 0 spiro atoms. The Morgan fingerprint density at radius 3 is 2.69 bits per heavy atom. The van der Waals surface area contributed by atoms with Crippen LogP contribution in [0.15, 0.2) is 66.9 Å². The first-order valence-electron chi connectivity index (χ1n) is 10.1. The Morgan fingerprint density at radius 2 is 1.86 bits per heavy atom. The van der Waals surface area contributed by atoms with E-state index in [1.54, 1.807) is 6.20 Å². The molecule has 1 fully saturated rings. The third-order valence-electron chi connectivity index (χ3n) is 5.11. The Labute approximate surface area is 171 Å². The van der Waals surface area contributed by atoms with Crippen molar-refractivity contribution in [3.05, 3.63) is 72.4 Å². The second-order valence-electron chi connectivity index (χ2n) is 7.11. The summed E-state index contributed by atoms with van der Waals surface area (Å²) in [6.07, 6.45) is 2.71. The van der Waals surface area contributed by atoms with E-state index in [2.05, 4.69) is 27.4 Å². The van der Waals surface area contributed by atoms with Crippen LogP contribution in [0, 0.1) is 0 Å². The predicted molar refractivity (Wildman–Crippen MR) is 113 cm³/mol. The molecule has 1 N–H and O–H groups in total. The smallest absolute Gasteiger partial charge is 0.251 e. The molecule has 6 heteroatoms. The van der Waals surface area contributed by atoms with Crippen LogP contribution in [0.3, 0.4) is 0 Å². The molecule has 29 heavy (non-hydrogen) atoms. The van der Waals surface area contributed by atoms with Crippen LogP contribution in [-0.2, 0) is 4.74 Å². The van der Waals surface area contributed by atoms with Gasteiger partial charge in [0.25, 0.3) is 5.91 Å². The molecule has 2 aromatic carbocycles. The van der Waals surface area contributed by atoms with Crippen LogP contribution in [-0.4, -0.2) is 60.0 Å². The van der Waals surface area contributed by atoms with E-state index < -0.39 is 0 Å². The molecule has 6 nitrogen and oxygen atoms in total. The summed E-state index contributed by atoms with van der Waals surface area (Å²) in [5, 5.41) is 7.49. The maximum absolute atomic E-state index is 12.6. The standard InChI is InChI=1S/C23H26N4O2/c28-23(24-11-5-13-26-14-16-29-17-15-26)20-8-4-9-21(18-20)27-22(10-12-25-27)19-6-2-1-3-7-19/h1-4,6-10,12,18H,5,11,13-17H2,(H,24,28). The highest BCUT2D eigenvalue weighted by molar-refractivity contribution is 5.94. The van der Waals surface area contributed by atoms with E-state index in [0.29, 0.717) is 12.1 Å². The average Bonchev–Trinajstić information content (AvgIpc) is 3.28. The minimum atomic E-state index is -0.0535. The average molecular weight is 390 g/mol. The van der Waals surface area contributed by atoms with Gasteiger partial charge in [0, 0.05) is 30.8 Å². The third kappa shape index (κ3) is 4.91. The predicted octanol–water partition coefficient (Wildman–Crippen LogP) is 2.99. The van der Waals surface area contributed by atoms with Crippen LogP contribution < -0.4 is 5.32 Å². The van der Waals surface area contributed by atoms with Gasteiger partial charge in [-0.15, -0.1) is 0 Å². The molecule has 1 aliphatic heterocycles. The topological polar surface area (TPSA) is 59.4 Å². The van der Waals surface area contributed by atoms with Gasteiger partial charge in [-0.1, -0.05) is 36.4 Å². The van der Waals surface area contributed by atoms with Crippen molar-refractivity contribution in [1.82, 2.24) is 20.0 Å². The van der Waals surface area contributed by atoms with Crippen molar-refractivity contribution >= 4 is 5.91 Å². The molecule has 0 aliphatic carbocycles. The minimum Gasteiger partial charge on any atom is -0.379 e. The minimum absolute atomic E-state index is 0.0535. The number of nitrogens with one attached hydrogen (secondary N) is 1. The highest BCUT2D eigenvalue weighted by Crippen LogP contribution is 2.22. The summed E-state index contributed by atoms with van der Waals surface area (Å²) < 4.78 is 7.23. The zero-order valence-electron chi connectivity index (χ0n) is 16.5. The SMILES string of the molecule is O=C(NCCCN1CCOCC1)c1cccc(-n2nccc2-c2ccccc2)c1. The summed E-state index contributed by atoms with van der Waals surface area (Å²) in [6.45, 7) is 5.21. The number of carbonyl (C=O) groups excluding carboxylic acids is 1. The van der Waals surface area contributed by atoms with Crippen LogP contribution in [0.5, 0.6) is 0 Å². The molecular weight excluding hydrogens is 364 g/mol. The van der Waals surface area contributed by atoms with Crippen LogP contribution in [0.2, 0.25) is 0 Å². The third-order valence-corrected chi connectivity index (χ3v) is 5.11. The summed E-state index contributed by atoms with van der Waals surface area (Å²) >= 11 is 0. The number of nitrogens with zero attached hydrogens (tertiary/aromatic N) is 3. The van der Waals surface area contributed by atoms with E-state index in [9.17, 15) is 4.79 Å². The van der Waals surface area contributed by atoms with Gasteiger partial charge in [-0.05, 0) is 37.2 Å². The maximum Gasteiger partial charge on any atom is 0.251 e. The first-order valence-corrected chi connectivity index (χ1v) is 10.1. The number of rotatable bonds is 7. The number of morpholine rings is 1. The molecule has 0 bridgehead atoms. The van der Waals surface area contributed by atoms with Crippen molar-refractivity contribution in [3.63, 3.8) is 0 Å². The molecule has 4 rings (SSSR count). The second kappa shape index (κ2) is 9.49. The highest BCUT2D eigenvalue weighted by atomic mass is 16.5. The molecule has 1 aromatic heterocycles. The van der Waals surface area contributed by atoms with Gasteiger partial charge in [0.05, 0.1) is 30.8 Å². The summed E-state index contributed by atoms with van der Waals surface area (Å²) in [6, 6.07) is 19.7. The van der Waals surface area contributed by atoms with Crippen LogP contribution in [0.4, 0.5) is 0 Å². The van der Waals surface area contributed by atoms with Gasteiger partial charge >= 0.3 is 0 Å². The van der Waals surface area contributed by atoms with Gasteiger partial charge in [0.2, 0.25) is 0 Å². The largest absolute Gasteiger partial charge is 0.379 e. The normalized spacial score (nSPS) is 14.6. The molecule has 0 radical (unpaired) electrons. The number of ether oxygens (including phenoxy) is 1. The van der Waals surface area contributed by atoms with E-state index in [1.165, 1.54) is 0 Å². The monoisotopic (exact) mass is 390 g/mol. The molecule has 1 aliphatic rings. The van der Waals surface area contributed by atoms with Crippen molar-refractivity contribution in [1.29, 1.82) is 0 Å². The van der Waals surface area contributed by atoms with Crippen molar-refractivity contribution in [2.75, 3.05) is 39.4 Å². The van der Waals surface area contributed by atoms with Gasteiger partial charge in [-0.25, -0.2) is 4.68 Å². The molecule has 0 saturated carbocycles. The zero-order chi connectivity index (χ0) is 19.9. The maximum atomic E-state index is 12.6. The summed E-state index contributed by atoms with van der Waals surface area (Å²) in [5.74, 6) is -0.0535. The van der Waals surface area contributed by atoms with Crippen LogP contribution in [0.1, 0.15) is 16.8 Å². The quantitative estimate of drug-likeness (QED) is 0.630. The van der Waals surface area contributed by atoms with Crippen LogP contribution >= 0.6 is 0 Å². The van der Waals surface area contributed by atoms with Gasteiger partial charge in [-0.3, -0.25) is 9.69 Å². The van der Waals surface area contributed by atoms with Crippen molar-refractivity contribution in [3.8, 4) is 16.9 Å². The summed E-state index contributed by atoms with van der Waals surface area (Å²) in [4.78, 5) is 15.0. The lowest BCUT2D eigenvalue weighted by molar-refractivity contribution is 0.0374. The number of hydrogen-bond donors (Lipinski definition) is 1. The van der Waals surface area contributed by atoms with Crippen molar-refractivity contribution in [2.24, 2.45) is 0 Å². The Hall–Kier alpha value is -2.96. The van der Waals surface area contributed by atoms with Gasteiger partial charge in [0.15, 0.2) is 0 Å². The molecule has 150 valence electrons. The fraction of sp³-hybridized carbons (Fsp3) is 0.304. The van der Waals surface area contributed by atoms with Crippen molar-refractivity contribution < 1.29 is 9.53 Å². The van der Waals surface area contributed by atoms with E-state index in [1.807, 2.05) is 53.2 Å². The van der Waals surface area contributed by atoms with Gasteiger partial charge in [-0.2, -0.15) is 5.10 Å². The molecule has 0 atom stereocenters. The molecule has 1 saturated heterocycles. The lowest BCUT2D eigenvalue weighted by Crippen LogP contribution is -2.38. The first kappa shape index (κ1) is 19.4. The number of amides is 1. The molecule has 1 amide bonds. The summed E-state index contributed by atoms with van der Waals surface area (Å²) in [7, 11) is 0. The number of aromatic nitrogens is 2. The fourth-order valence-corrected chi connectivity index (χ4v) is 3.55. The zero-order valence-corrected chi connectivity index (χ0v) is 16.5. The van der Waals surface area contributed by atoms with Gasteiger partial charge in [0.1, 0.15) is 0 Å². The number of benzene rings is 2. The second-order valence-corrected chi connectivity index (χ2v) is 7.11. The van der Waals surface area contributed by atoms with E-state index in [0.717, 1.165) is 56.2 Å². The molecule has 2 heterocycles. The Bertz CT molecular complexity index is 933. The molecule has 0 unspecified atom stereocenters. The lowest BCUT2D eigenvalue weighted by Gasteiger charge is -2.26. The van der Waals surface area contributed by atoms with E-state index in [-0.39, 0.29) is 5.91 Å². The Kier molecular flexibility index (Phi) is 6.34. The summed E-state index contributed by atoms with van der Waals surface area (Å²) in [5.41, 5.74) is 3.59. The fourth-order valence-electron chi connectivity index (χ4n) is 3.55.